The maximum atomic E-state index is 3.72. The molecule has 0 aliphatic heterocycles. The van der Waals surface area contributed by atoms with E-state index >= 15 is 0 Å². The fraction of sp³-hybridized carbons (Fsp3) is 1.00. The molecule has 0 aliphatic rings. The van der Waals surface area contributed by atoms with Crippen LogP contribution < -0.4 is 0 Å². The molecule has 0 N–H and O–H groups in total. The van der Waals surface area contributed by atoms with Gasteiger partial charge in [-0.3, -0.25) is 0 Å². The number of hydrogen-bond donors (Lipinski definition) is 0. The van der Waals surface area contributed by atoms with Crippen LogP contribution in [-0.4, -0.2) is 26.6 Å². The molecule has 0 aliphatic carbocycles. The van der Waals surface area contributed by atoms with E-state index in [1.54, 1.807) is 0 Å². The molecule has 0 amide bonds. The number of rotatable bonds is 5. The van der Waals surface area contributed by atoms with E-state index in [1.807, 2.05) is 0 Å². The summed E-state index contributed by atoms with van der Waals surface area (Å²) in [7, 11) is 4.65. The minimum atomic E-state index is -0.0998. The highest BCUT2D eigenvalue weighted by Crippen LogP contribution is 2.24. The summed E-state index contributed by atoms with van der Waals surface area (Å²) in [5.41, 5.74) is 1.96. The summed E-state index contributed by atoms with van der Waals surface area (Å²) in [5.74, 6) is 0. The zero-order chi connectivity index (χ0) is 8.85. The van der Waals surface area contributed by atoms with E-state index in [1.165, 1.54) is 12.8 Å². The molecule has 0 nitrogen and oxygen atoms in total. The average molecular weight is 198 g/mol. The van der Waals surface area contributed by atoms with E-state index in [9.17, 15) is 0 Å². The van der Waals surface area contributed by atoms with Crippen molar-refractivity contribution in [2.24, 2.45) is 0 Å². The van der Waals surface area contributed by atoms with Gasteiger partial charge in [-0.2, -0.15) is 0 Å². The van der Waals surface area contributed by atoms with Gasteiger partial charge in [0.25, 0.3) is 0 Å². The third-order valence-corrected chi connectivity index (χ3v) is 12.1. The summed E-state index contributed by atoms with van der Waals surface area (Å²) in [6.07, 6.45) is 2.71. The summed E-state index contributed by atoms with van der Waals surface area (Å²) in [4.78, 5) is 0. The Hall–Kier alpha value is 0.651. The molecule has 62 valence electrons. The minimum Gasteiger partial charge on any atom is -0.0654 e. The molecule has 0 saturated carbocycles. The van der Waals surface area contributed by atoms with E-state index in [4.69, 9.17) is 0 Å². The van der Waals surface area contributed by atoms with Crippen LogP contribution in [0.5, 0.6) is 0 Å². The Balaban J connectivity index is 3.92. The lowest BCUT2D eigenvalue weighted by Gasteiger charge is -2.24. The average Bonchev–Trinajstić information content (AvgIpc) is 2.05. The maximum Gasteiger partial charge on any atom is 0.0362 e. The molecular weight excluding hydrogens is 180 g/mol. The van der Waals surface area contributed by atoms with Crippen molar-refractivity contribution >= 4 is 26.6 Å². The standard InChI is InChI=1S/C8H18Si3/c1-5-7(3)11(10-9)8(4)6-2/h7-8H,5-6H2,1-4H3. The van der Waals surface area contributed by atoms with Gasteiger partial charge < -0.3 is 0 Å². The normalized spacial score (nSPS) is 16.9. The van der Waals surface area contributed by atoms with Gasteiger partial charge in [-0.1, -0.05) is 51.6 Å². The van der Waals surface area contributed by atoms with Crippen molar-refractivity contribution in [2.75, 3.05) is 0 Å². The van der Waals surface area contributed by atoms with Crippen LogP contribution in [-0.2, 0) is 0 Å². The fourth-order valence-electron chi connectivity index (χ4n) is 1.17. The molecular formula is C8H18Si3. The Morgan fingerprint density at radius 3 is 1.73 bits per heavy atom. The molecule has 0 saturated heterocycles. The second-order valence-electron chi connectivity index (χ2n) is 3.20. The topological polar surface area (TPSA) is 0 Å². The highest BCUT2D eigenvalue weighted by Gasteiger charge is 2.21. The molecule has 6 radical (unpaired) electrons. The lowest BCUT2D eigenvalue weighted by atomic mass is 10.4. The van der Waals surface area contributed by atoms with Crippen molar-refractivity contribution in [3.05, 3.63) is 0 Å². The third-order valence-electron chi connectivity index (χ3n) is 2.43. The smallest absolute Gasteiger partial charge is 0.0362 e. The first kappa shape index (κ1) is 11.7. The van der Waals surface area contributed by atoms with Crippen molar-refractivity contribution in [1.29, 1.82) is 0 Å². The van der Waals surface area contributed by atoms with E-state index in [-0.39, 0.29) is 8.31 Å². The molecule has 2 atom stereocenters. The highest BCUT2D eigenvalue weighted by molar-refractivity contribution is 7.32. The van der Waals surface area contributed by atoms with Gasteiger partial charge in [0.15, 0.2) is 0 Å². The van der Waals surface area contributed by atoms with Gasteiger partial charge in [-0.25, -0.2) is 0 Å². The van der Waals surface area contributed by atoms with Crippen LogP contribution in [0.3, 0.4) is 0 Å². The zero-order valence-corrected chi connectivity index (χ0v) is 11.1. The highest BCUT2D eigenvalue weighted by atomic mass is 29.5. The molecule has 0 aromatic heterocycles. The minimum absolute atomic E-state index is 0.0998. The van der Waals surface area contributed by atoms with Gasteiger partial charge in [0.05, 0.1) is 0 Å². The Morgan fingerprint density at radius 1 is 1.18 bits per heavy atom. The van der Waals surface area contributed by atoms with E-state index in [0.717, 1.165) is 19.6 Å². The van der Waals surface area contributed by atoms with Crippen molar-refractivity contribution in [3.63, 3.8) is 0 Å². The van der Waals surface area contributed by atoms with Crippen molar-refractivity contribution < 1.29 is 0 Å². The predicted molar refractivity (Wildman–Crippen MR) is 56.7 cm³/mol. The fourth-order valence-corrected chi connectivity index (χ4v) is 10.7. The van der Waals surface area contributed by atoms with Crippen LogP contribution in [0.2, 0.25) is 11.1 Å². The predicted octanol–water partition coefficient (Wildman–Crippen LogP) is 2.37. The zero-order valence-electron chi connectivity index (χ0n) is 8.07. The Kier molecular flexibility index (Phi) is 6.56. The molecule has 0 bridgehead atoms. The van der Waals surface area contributed by atoms with Gasteiger partial charge >= 0.3 is 0 Å². The van der Waals surface area contributed by atoms with Crippen LogP contribution in [0.15, 0.2) is 0 Å². The monoisotopic (exact) mass is 198 g/mol. The Labute approximate surface area is 78.6 Å². The lowest BCUT2D eigenvalue weighted by molar-refractivity contribution is 0.796. The van der Waals surface area contributed by atoms with Crippen molar-refractivity contribution in [3.8, 4) is 0 Å². The summed E-state index contributed by atoms with van der Waals surface area (Å²) in [6.45, 7) is 9.44. The second kappa shape index (κ2) is 6.20. The van der Waals surface area contributed by atoms with Crippen LogP contribution in [0, 0.1) is 0 Å². The molecule has 0 spiro atoms. The van der Waals surface area contributed by atoms with E-state index in [2.05, 4.69) is 37.5 Å². The molecule has 0 aromatic carbocycles. The van der Waals surface area contributed by atoms with E-state index < -0.39 is 0 Å². The van der Waals surface area contributed by atoms with Crippen LogP contribution in [0.25, 0.3) is 0 Å². The summed E-state index contributed by atoms with van der Waals surface area (Å²) >= 11 is 0. The Bertz CT molecular complexity index is 85.3. The van der Waals surface area contributed by atoms with E-state index in [0.29, 0.717) is 0 Å². The Morgan fingerprint density at radius 2 is 1.55 bits per heavy atom. The van der Waals surface area contributed by atoms with Crippen molar-refractivity contribution in [2.45, 2.75) is 51.6 Å². The third kappa shape index (κ3) is 3.71. The molecule has 0 heterocycles. The molecule has 3 heteroatoms. The summed E-state index contributed by atoms with van der Waals surface area (Å²) < 4.78 is 0. The largest absolute Gasteiger partial charge is 0.0654 e. The SMILES string of the molecule is CCC(C)[Si]([Si][Si])C(C)CC. The van der Waals surface area contributed by atoms with Gasteiger partial charge in [-0.05, 0) is 0 Å². The van der Waals surface area contributed by atoms with Gasteiger partial charge in [0.1, 0.15) is 0 Å². The molecule has 0 aromatic rings. The van der Waals surface area contributed by atoms with Crippen LogP contribution in [0.4, 0.5) is 0 Å². The quantitative estimate of drug-likeness (QED) is 0.595. The lowest BCUT2D eigenvalue weighted by Crippen LogP contribution is -2.31. The number of hydrogen-bond acceptors (Lipinski definition) is 0. The first-order chi connectivity index (χ1) is 5.17. The maximum absolute atomic E-state index is 3.72. The van der Waals surface area contributed by atoms with Gasteiger partial charge in [-0.15, -0.1) is 0 Å². The first-order valence-corrected chi connectivity index (χ1v) is 9.62. The molecule has 11 heavy (non-hydrogen) atoms. The molecule has 2 unspecified atom stereocenters. The molecule has 0 rings (SSSR count). The first-order valence-electron chi connectivity index (χ1n) is 4.46. The second-order valence-corrected chi connectivity index (χ2v) is 11.1. The summed E-state index contributed by atoms with van der Waals surface area (Å²) in [5, 5.41) is 0. The van der Waals surface area contributed by atoms with Crippen LogP contribution >= 0.6 is 0 Å². The molecule has 0 fully saturated rings. The van der Waals surface area contributed by atoms with Crippen LogP contribution in [0.1, 0.15) is 40.5 Å². The van der Waals surface area contributed by atoms with Gasteiger partial charge in [0.2, 0.25) is 0 Å². The van der Waals surface area contributed by atoms with Crippen molar-refractivity contribution in [1.82, 2.24) is 0 Å². The summed E-state index contributed by atoms with van der Waals surface area (Å²) in [6, 6.07) is 0. The van der Waals surface area contributed by atoms with Gasteiger partial charge in [0, 0.05) is 26.6 Å².